The summed E-state index contributed by atoms with van der Waals surface area (Å²) < 4.78 is 36.0. The van der Waals surface area contributed by atoms with Gasteiger partial charge in [-0.15, -0.1) is 0 Å². The maximum atomic E-state index is 14.3. The second kappa shape index (κ2) is 14.1. The van der Waals surface area contributed by atoms with Gasteiger partial charge in [0.05, 0.1) is 24.4 Å². The third-order valence-electron chi connectivity index (χ3n) is 8.44. The number of carbonyl (C=O) groups excluding carboxylic acids is 1. The molecule has 1 aliphatic rings. The monoisotopic (exact) mass is 644 g/mol. The van der Waals surface area contributed by atoms with E-state index in [1.807, 2.05) is 59.3 Å². The molecule has 0 bridgehead atoms. The molecule has 242 valence electrons. The lowest BCUT2D eigenvalue weighted by Crippen LogP contribution is -2.36. The minimum absolute atomic E-state index is 0.399. The van der Waals surface area contributed by atoms with Crippen molar-refractivity contribution in [2.24, 2.45) is 0 Å². The summed E-state index contributed by atoms with van der Waals surface area (Å²) in [5, 5.41) is 6.03. The Bertz CT molecular complexity index is 2050. The number of anilines is 3. The predicted octanol–water partition coefficient (Wildman–Crippen LogP) is 7.60. The van der Waals surface area contributed by atoms with Crippen LogP contribution in [-0.4, -0.2) is 58.0 Å². The molecule has 2 N–H and O–H groups in total. The molecule has 0 atom stereocenters. The lowest BCUT2D eigenvalue weighted by Gasteiger charge is -2.26. The van der Waals surface area contributed by atoms with Gasteiger partial charge in [0.25, 0.3) is 5.91 Å². The number of hydrogen-bond donors (Lipinski definition) is 2. The molecule has 0 unspecified atom stereocenters. The number of nitrogens with one attached hydrogen (secondary N) is 2. The fourth-order valence-corrected chi connectivity index (χ4v) is 6.11. The number of halogens is 2. The number of fused-ring (bicyclic) bond motifs is 1. The molecule has 4 heterocycles. The molecular weight excluding hydrogens is 610 g/mol. The maximum Gasteiger partial charge on any atom is 0.261 e. The second-order valence-electron chi connectivity index (χ2n) is 11.7. The molecule has 1 aliphatic heterocycles. The number of hydrogen-bond acceptors (Lipinski definition) is 6. The number of aromatic nitrogens is 3. The van der Waals surface area contributed by atoms with Gasteiger partial charge in [0.15, 0.2) is 0 Å². The number of benzene rings is 3. The molecule has 7 rings (SSSR count). The number of amides is 1. The summed E-state index contributed by atoms with van der Waals surface area (Å²) in [7, 11) is 0. The molecule has 10 heteroatoms. The highest BCUT2D eigenvalue weighted by Gasteiger charge is 2.20. The van der Waals surface area contributed by atoms with Crippen molar-refractivity contribution in [2.45, 2.75) is 12.8 Å². The van der Waals surface area contributed by atoms with Crippen molar-refractivity contribution in [1.82, 2.24) is 19.3 Å². The van der Waals surface area contributed by atoms with Crippen molar-refractivity contribution in [2.75, 3.05) is 43.5 Å². The van der Waals surface area contributed by atoms with E-state index in [-0.39, 0.29) is 0 Å². The summed E-state index contributed by atoms with van der Waals surface area (Å²) in [4.78, 5) is 24.7. The standard InChI is InChI=1S/C38H34F2N6O2/c39-31-12-5-13-32(40)36(31)37(47)42-29-11-4-9-27(24-29)30-25-46-18-2-1-14-34(46)35(30)33-15-16-41-38(44-33)43-28-10-3-7-26(23-28)8-6-17-45-19-21-48-22-20-45/h1-5,7,9-16,18,23-25H,6,8,17,19-22H2,(H,42,47)(H,41,43,44). The summed E-state index contributed by atoms with van der Waals surface area (Å²) in [6, 6.07) is 26.6. The Morgan fingerprint density at radius 1 is 0.875 bits per heavy atom. The Balaban J connectivity index is 1.14. The second-order valence-corrected chi connectivity index (χ2v) is 11.7. The molecule has 0 aliphatic carbocycles. The van der Waals surface area contributed by atoms with E-state index in [1.165, 1.54) is 11.6 Å². The van der Waals surface area contributed by atoms with Crippen LogP contribution in [0, 0.1) is 11.6 Å². The summed E-state index contributed by atoms with van der Waals surface area (Å²) in [6.45, 7) is 4.66. The summed E-state index contributed by atoms with van der Waals surface area (Å²) in [5.41, 5.74) is 6.10. The van der Waals surface area contributed by atoms with Gasteiger partial charge in [-0.05, 0) is 85.1 Å². The minimum Gasteiger partial charge on any atom is -0.379 e. The first-order valence-corrected chi connectivity index (χ1v) is 16.0. The van der Waals surface area contributed by atoms with Crippen LogP contribution in [0.25, 0.3) is 27.9 Å². The molecule has 1 amide bonds. The Hall–Kier alpha value is -5.45. The van der Waals surface area contributed by atoms with Gasteiger partial charge >= 0.3 is 0 Å². The van der Waals surface area contributed by atoms with E-state index >= 15 is 0 Å². The highest BCUT2D eigenvalue weighted by molar-refractivity contribution is 6.05. The smallest absolute Gasteiger partial charge is 0.261 e. The fourth-order valence-electron chi connectivity index (χ4n) is 6.11. The van der Waals surface area contributed by atoms with Crippen molar-refractivity contribution >= 4 is 28.7 Å². The van der Waals surface area contributed by atoms with Crippen molar-refractivity contribution in [3.8, 4) is 22.4 Å². The van der Waals surface area contributed by atoms with Crippen LogP contribution in [0.15, 0.2) is 110 Å². The van der Waals surface area contributed by atoms with Crippen molar-refractivity contribution in [1.29, 1.82) is 0 Å². The van der Waals surface area contributed by atoms with Crippen molar-refractivity contribution in [3.63, 3.8) is 0 Å². The molecule has 3 aromatic carbocycles. The lowest BCUT2D eigenvalue weighted by molar-refractivity contribution is 0.0374. The number of ether oxygens (including phenoxy) is 1. The molecular formula is C38H34F2N6O2. The summed E-state index contributed by atoms with van der Waals surface area (Å²) in [6.07, 6.45) is 7.73. The van der Waals surface area contributed by atoms with Crippen molar-refractivity contribution in [3.05, 3.63) is 132 Å². The zero-order chi connectivity index (χ0) is 32.9. The third kappa shape index (κ3) is 6.95. The first-order valence-electron chi connectivity index (χ1n) is 16.0. The zero-order valence-electron chi connectivity index (χ0n) is 26.2. The normalized spacial score (nSPS) is 13.5. The number of nitrogens with zero attached hydrogens (tertiary/aromatic N) is 4. The molecule has 6 aromatic rings. The Morgan fingerprint density at radius 3 is 2.52 bits per heavy atom. The van der Waals surface area contributed by atoms with Gasteiger partial charge < -0.3 is 19.8 Å². The summed E-state index contributed by atoms with van der Waals surface area (Å²) >= 11 is 0. The first-order chi connectivity index (χ1) is 23.5. The largest absolute Gasteiger partial charge is 0.379 e. The zero-order valence-corrected chi connectivity index (χ0v) is 26.2. The third-order valence-corrected chi connectivity index (χ3v) is 8.44. The lowest BCUT2D eigenvalue weighted by atomic mass is 10.0. The SMILES string of the molecule is O=C(Nc1cccc(-c2cn3ccccc3c2-c2ccnc(Nc3cccc(CCCN4CCOCC4)c3)n2)c1)c1c(F)cccc1F. The van der Waals surface area contributed by atoms with Crippen LogP contribution in [0.5, 0.6) is 0 Å². The van der Waals surface area contributed by atoms with Gasteiger partial charge in [0, 0.05) is 54.2 Å². The molecule has 3 aromatic heterocycles. The highest BCUT2D eigenvalue weighted by Crippen LogP contribution is 2.37. The first kappa shape index (κ1) is 31.2. The molecule has 48 heavy (non-hydrogen) atoms. The Morgan fingerprint density at radius 2 is 1.67 bits per heavy atom. The molecule has 0 spiro atoms. The molecule has 1 saturated heterocycles. The van der Waals surface area contributed by atoms with E-state index in [2.05, 4.69) is 32.7 Å². The number of aryl methyl sites for hydroxylation is 1. The van der Waals surface area contributed by atoms with Crippen molar-refractivity contribution < 1.29 is 18.3 Å². The van der Waals surface area contributed by atoms with E-state index in [0.29, 0.717) is 17.3 Å². The van der Waals surface area contributed by atoms with Gasteiger partial charge in [-0.25, -0.2) is 18.7 Å². The average molecular weight is 645 g/mol. The number of rotatable bonds is 10. The topological polar surface area (TPSA) is 83.8 Å². The van der Waals surface area contributed by atoms with Gasteiger partial charge in [-0.3, -0.25) is 9.69 Å². The van der Waals surface area contributed by atoms with Crippen LogP contribution in [0.3, 0.4) is 0 Å². The van der Waals surface area contributed by atoms with E-state index in [0.717, 1.165) is 85.7 Å². The quantitative estimate of drug-likeness (QED) is 0.160. The molecule has 8 nitrogen and oxygen atoms in total. The summed E-state index contributed by atoms with van der Waals surface area (Å²) in [5.74, 6) is -2.24. The van der Waals surface area contributed by atoms with Crippen LogP contribution in [0.4, 0.5) is 26.1 Å². The van der Waals surface area contributed by atoms with E-state index in [1.54, 1.807) is 24.4 Å². The average Bonchev–Trinajstić information content (AvgIpc) is 3.49. The van der Waals surface area contributed by atoms with Gasteiger partial charge in [-0.1, -0.05) is 36.4 Å². The number of morpholine rings is 1. The van der Waals surface area contributed by atoms with Gasteiger partial charge in [0.1, 0.15) is 17.2 Å². The fraction of sp³-hybridized carbons (Fsp3) is 0.184. The van der Waals surface area contributed by atoms with Crippen LogP contribution >= 0.6 is 0 Å². The maximum absolute atomic E-state index is 14.3. The van der Waals surface area contributed by atoms with Crippen LogP contribution < -0.4 is 10.6 Å². The van der Waals surface area contributed by atoms with Crippen LogP contribution in [0.2, 0.25) is 0 Å². The predicted molar refractivity (Wildman–Crippen MR) is 183 cm³/mol. The molecule has 0 radical (unpaired) electrons. The highest BCUT2D eigenvalue weighted by atomic mass is 19.1. The number of carbonyl (C=O) groups is 1. The van der Waals surface area contributed by atoms with E-state index < -0.39 is 23.1 Å². The van der Waals surface area contributed by atoms with Gasteiger partial charge in [0.2, 0.25) is 5.95 Å². The van der Waals surface area contributed by atoms with Gasteiger partial charge in [-0.2, -0.15) is 0 Å². The van der Waals surface area contributed by atoms with Crippen LogP contribution in [0.1, 0.15) is 22.3 Å². The Labute approximate surface area is 277 Å². The van der Waals surface area contributed by atoms with Crippen LogP contribution in [-0.2, 0) is 11.2 Å². The van der Waals surface area contributed by atoms with E-state index in [4.69, 9.17) is 9.72 Å². The molecule has 1 fully saturated rings. The minimum atomic E-state index is -0.923. The molecule has 0 saturated carbocycles. The Kier molecular flexibility index (Phi) is 9.17. The van der Waals surface area contributed by atoms with E-state index in [9.17, 15) is 13.6 Å². The number of pyridine rings is 1.